The van der Waals surface area contributed by atoms with Gasteiger partial charge in [0.25, 0.3) is 10.0 Å². The van der Waals surface area contributed by atoms with Gasteiger partial charge in [-0.2, -0.15) is 5.26 Å². The summed E-state index contributed by atoms with van der Waals surface area (Å²) < 4.78 is 65.5. The van der Waals surface area contributed by atoms with Crippen molar-refractivity contribution in [1.82, 2.24) is 0 Å². The number of methoxy groups -OCH3 is 2. The molecule has 0 saturated heterocycles. The fourth-order valence-electron chi connectivity index (χ4n) is 2.78. The molecule has 0 heterocycles. The Hall–Kier alpha value is -3.64. The van der Waals surface area contributed by atoms with Gasteiger partial charge in [-0.1, -0.05) is 12.1 Å². The number of halogens is 2. The topological polar surface area (TPSA) is 88.4 Å². The number of nitriles is 1. The minimum atomic E-state index is -4.20. The molecule has 6 nitrogen and oxygen atoms in total. The molecule has 0 radical (unpaired) electrons. The smallest absolute Gasteiger partial charge is 0.264 e. The van der Waals surface area contributed by atoms with Crippen LogP contribution in [0.15, 0.2) is 59.5 Å². The number of sulfonamides is 1. The molecule has 1 N–H and O–H groups in total. The van der Waals surface area contributed by atoms with Crippen LogP contribution in [0.1, 0.15) is 5.56 Å². The van der Waals surface area contributed by atoms with E-state index in [1.54, 1.807) is 18.2 Å². The van der Waals surface area contributed by atoms with Crippen molar-refractivity contribution in [2.75, 3.05) is 18.9 Å². The lowest BCUT2D eigenvalue weighted by Crippen LogP contribution is -2.14. The molecule has 0 unspecified atom stereocenters. The molecule has 154 valence electrons. The maximum atomic E-state index is 14.1. The van der Waals surface area contributed by atoms with Gasteiger partial charge in [-0.3, -0.25) is 4.72 Å². The van der Waals surface area contributed by atoms with Gasteiger partial charge in [0.1, 0.15) is 39.7 Å². The molecule has 3 aromatic rings. The second kappa shape index (κ2) is 8.39. The molecule has 30 heavy (non-hydrogen) atoms. The number of nitrogens with zero attached hydrogens (tertiary/aromatic N) is 1. The summed E-state index contributed by atoms with van der Waals surface area (Å²) >= 11 is 0. The van der Waals surface area contributed by atoms with Crippen molar-refractivity contribution < 1.29 is 26.7 Å². The van der Waals surface area contributed by atoms with Crippen molar-refractivity contribution in [3.8, 4) is 28.7 Å². The van der Waals surface area contributed by atoms with Gasteiger partial charge in [0.05, 0.1) is 14.2 Å². The van der Waals surface area contributed by atoms with Crippen LogP contribution in [0, 0.1) is 23.0 Å². The third kappa shape index (κ3) is 4.18. The van der Waals surface area contributed by atoms with E-state index in [4.69, 9.17) is 14.7 Å². The Labute approximate surface area is 172 Å². The average molecular weight is 430 g/mol. The first-order valence-corrected chi connectivity index (χ1v) is 10.0. The Kier molecular flexibility index (Phi) is 5.89. The number of hydrogen-bond donors (Lipinski definition) is 1. The molecule has 0 bridgehead atoms. The fraction of sp³-hybridized carbons (Fsp3) is 0.0952. The van der Waals surface area contributed by atoms with Gasteiger partial charge >= 0.3 is 0 Å². The van der Waals surface area contributed by atoms with E-state index in [1.165, 1.54) is 44.6 Å². The van der Waals surface area contributed by atoms with Gasteiger partial charge in [-0.05, 0) is 47.5 Å². The van der Waals surface area contributed by atoms with E-state index in [9.17, 15) is 17.2 Å². The molecule has 0 atom stereocenters. The van der Waals surface area contributed by atoms with Crippen LogP contribution in [0.25, 0.3) is 11.1 Å². The third-order valence-electron chi connectivity index (χ3n) is 4.28. The highest BCUT2D eigenvalue weighted by atomic mass is 32.2. The number of nitrogens with one attached hydrogen (secondary N) is 1. The average Bonchev–Trinajstić information content (AvgIpc) is 2.73. The van der Waals surface area contributed by atoms with Crippen LogP contribution in [0.4, 0.5) is 14.5 Å². The molecule has 0 aliphatic heterocycles. The molecule has 3 aromatic carbocycles. The minimum absolute atomic E-state index is 0.0887. The molecular weight excluding hydrogens is 414 g/mol. The second-order valence-corrected chi connectivity index (χ2v) is 7.78. The largest absolute Gasteiger partial charge is 0.497 e. The summed E-state index contributed by atoms with van der Waals surface area (Å²) in [4.78, 5) is -0.551. The summed E-state index contributed by atoms with van der Waals surface area (Å²) in [6.45, 7) is 0. The zero-order valence-electron chi connectivity index (χ0n) is 15.9. The van der Waals surface area contributed by atoms with Crippen LogP contribution in [0.3, 0.4) is 0 Å². The number of ether oxygens (including phenoxy) is 2. The molecular formula is C21H16F2N2O4S. The number of anilines is 1. The maximum Gasteiger partial charge on any atom is 0.264 e. The predicted molar refractivity (Wildman–Crippen MR) is 107 cm³/mol. The molecule has 0 spiro atoms. The summed E-state index contributed by atoms with van der Waals surface area (Å²) in [5, 5.41) is 9.01. The molecule has 3 rings (SSSR count). The lowest BCUT2D eigenvalue weighted by Gasteiger charge is -2.11. The van der Waals surface area contributed by atoms with E-state index in [2.05, 4.69) is 4.72 Å². The van der Waals surface area contributed by atoms with Crippen LogP contribution < -0.4 is 14.2 Å². The lowest BCUT2D eigenvalue weighted by atomic mass is 10.0. The Morgan fingerprint density at radius 1 is 0.900 bits per heavy atom. The SMILES string of the molecule is COc1ccc(F)c(S(=O)(=O)Nc2ccc(-c3cc(F)c(C#N)c(OC)c3)cc2)c1. The lowest BCUT2D eigenvalue weighted by molar-refractivity contribution is 0.410. The van der Waals surface area contributed by atoms with E-state index >= 15 is 0 Å². The summed E-state index contributed by atoms with van der Waals surface area (Å²) in [5.74, 6) is -1.36. The van der Waals surface area contributed by atoms with Crippen molar-refractivity contribution in [2.45, 2.75) is 4.90 Å². The van der Waals surface area contributed by atoms with Crippen LogP contribution in [0.2, 0.25) is 0 Å². The molecule has 0 aromatic heterocycles. The first-order valence-electron chi connectivity index (χ1n) is 8.53. The summed E-state index contributed by atoms with van der Waals surface area (Å²) in [7, 11) is -1.53. The van der Waals surface area contributed by atoms with Gasteiger partial charge < -0.3 is 9.47 Å². The van der Waals surface area contributed by atoms with Crippen molar-refractivity contribution in [1.29, 1.82) is 5.26 Å². The number of hydrogen-bond acceptors (Lipinski definition) is 5. The van der Waals surface area contributed by atoms with E-state index < -0.39 is 26.6 Å². The predicted octanol–water partition coefficient (Wildman–Crippen LogP) is 4.32. The van der Waals surface area contributed by atoms with E-state index in [0.717, 1.165) is 12.1 Å². The fourth-order valence-corrected chi connectivity index (χ4v) is 3.93. The monoisotopic (exact) mass is 430 g/mol. The molecule has 0 aliphatic carbocycles. The normalized spacial score (nSPS) is 10.9. The Bertz CT molecular complexity index is 1240. The quantitative estimate of drug-likeness (QED) is 0.629. The molecule has 0 amide bonds. The zero-order chi connectivity index (χ0) is 21.9. The highest BCUT2D eigenvalue weighted by Crippen LogP contribution is 2.30. The summed E-state index contributed by atoms with van der Waals surface area (Å²) in [6, 6.07) is 13.8. The highest BCUT2D eigenvalue weighted by Gasteiger charge is 2.20. The van der Waals surface area contributed by atoms with Gasteiger partial charge in [-0.25, -0.2) is 17.2 Å². The maximum absolute atomic E-state index is 14.1. The molecule has 0 saturated carbocycles. The van der Waals surface area contributed by atoms with Crippen molar-refractivity contribution in [3.05, 3.63) is 71.8 Å². The number of benzene rings is 3. The minimum Gasteiger partial charge on any atom is -0.497 e. The van der Waals surface area contributed by atoms with Crippen LogP contribution in [-0.2, 0) is 10.0 Å². The van der Waals surface area contributed by atoms with Crippen LogP contribution >= 0.6 is 0 Å². The molecule has 9 heteroatoms. The summed E-state index contributed by atoms with van der Waals surface area (Å²) in [5.41, 5.74) is 0.983. The van der Waals surface area contributed by atoms with E-state index in [-0.39, 0.29) is 22.7 Å². The van der Waals surface area contributed by atoms with Crippen LogP contribution in [-0.4, -0.2) is 22.6 Å². The Morgan fingerprint density at radius 3 is 2.20 bits per heavy atom. The van der Waals surface area contributed by atoms with Crippen molar-refractivity contribution in [2.24, 2.45) is 0 Å². The first-order chi connectivity index (χ1) is 14.3. The second-order valence-electron chi connectivity index (χ2n) is 6.13. The third-order valence-corrected chi connectivity index (χ3v) is 5.68. The van der Waals surface area contributed by atoms with Crippen molar-refractivity contribution >= 4 is 15.7 Å². The van der Waals surface area contributed by atoms with Gasteiger partial charge in [0.2, 0.25) is 0 Å². The van der Waals surface area contributed by atoms with Crippen molar-refractivity contribution in [3.63, 3.8) is 0 Å². The van der Waals surface area contributed by atoms with Gasteiger partial charge in [0, 0.05) is 11.8 Å². The standard InChI is InChI=1S/C21H16F2N2O4S/c1-28-16-7-8-18(22)21(11-16)30(26,27)25-15-5-3-13(4-6-15)14-9-19(23)17(12-24)20(10-14)29-2/h3-11,25H,1-2H3. The van der Waals surface area contributed by atoms with Gasteiger partial charge in [0.15, 0.2) is 0 Å². The van der Waals surface area contributed by atoms with Gasteiger partial charge in [-0.15, -0.1) is 0 Å². The summed E-state index contributed by atoms with van der Waals surface area (Å²) in [6.07, 6.45) is 0. The molecule has 0 aliphatic rings. The van der Waals surface area contributed by atoms with E-state index in [0.29, 0.717) is 11.1 Å². The zero-order valence-corrected chi connectivity index (χ0v) is 16.8. The number of rotatable bonds is 6. The highest BCUT2D eigenvalue weighted by molar-refractivity contribution is 7.92. The molecule has 0 fully saturated rings. The Morgan fingerprint density at radius 2 is 1.60 bits per heavy atom. The van der Waals surface area contributed by atoms with E-state index in [1.807, 2.05) is 0 Å². The van der Waals surface area contributed by atoms with Crippen LogP contribution in [0.5, 0.6) is 11.5 Å². The first kappa shape index (κ1) is 21.1. The Balaban J connectivity index is 1.90.